The summed E-state index contributed by atoms with van der Waals surface area (Å²) in [7, 11) is 4.80. The van der Waals surface area contributed by atoms with Crippen LogP contribution in [0.2, 0.25) is 0 Å². The van der Waals surface area contributed by atoms with Crippen molar-refractivity contribution in [1.29, 1.82) is 0 Å². The van der Waals surface area contributed by atoms with Crippen LogP contribution in [0, 0.1) is 0 Å². The summed E-state index contributed by atoms with van der Waals surface area (Å²) in [5, 5.41) is 0. The molecule has 0 saturated carbocycles. The lowest BCUT2D eigenvalue weighted by molar-refractivity contribution is -0.135. The van der Waals surface area contributed by atoms with Gasteiger partial charge in [-0.05, 0) is 12.1 Å². The number of imide groups is 1. The van der Waals surface area contributed by atoms with Gasteiger partial charge in [0.2, 0.25) is 5.96 Å². The van der Waals surface area contributed by atoms with Crippen molar-refractivity contribution in [3.05, 3.63) is 66.4 Å². The normalized spacial score (nSPS) is 22.8. The average molecular weight is 403 g/mol. The van der Waals surface area contributed by atoms with Gasteiger partial charge in [0.05, 0.1) is 18.5 Å². The molecule has 0 radical (unpaired) electrons. The quantitative estimate of drug-likeness (QED) is 0.787. The van der Waals surface area contributed by atoms with Crippen molar-refractivity contribution in [3.63, 3.8) is 0 Å². The van der Waals surface area contributed by atoms with E-state index in [0.717, 1.165) is 21.8 Å². The predicted octanol–water partition coefficient (Wildman–Crippen LogP) is 2.40. The summed E-state index contributed by atoms with van der Waals surface area (Å²) < 4.78 is 5.60. The third-order valence-corrected chi connectivity index (χ3v) is 5.73. The molecular weight excluding hydrogens is 382 g/mol. The van der Waals surface area contributed by atoms with Gasteiger partial charge in [0.25, 0.3) is 5.91 Å². The van der Waals surface area contributed by atoms with Crippen molar-refractivity contribution in [2.24, 2.45) is 4.99 Å². The van der Waals surface area contributed by atoms with Crippen LogP contribution in [0.4, 0.5) is 10.5 Å². The van der Waals surface area contributed by atoms with Gasteiger partial charge in [0.1, 0.15) is 5.75 Å². The third-order valence-electron chi connectivity index (χ3n) is 5.73. The lowest BCUT2D eigenvalue weighted by Crippen LogP contribution is -2.63. The maximum absolute atomic E-state index is 13.0. The van der Waals surface area contributed by atoms with E-state index >= 15 is 0 Å². The van der Waals surface area contributed by atoms with Crippen LogP contribution in [-0.2, 0) is 4.79 Å². The molecule has 152 valence electrons. The molecular formula is C22H21N5O3. The number of carbonyl (C=O) groups is 2. The fraction of sp³-hybridized carbons (Fsp3) is 0.227. The standard InChI is InChI=1S/C22H21N5O3/c1-24-19-18(20(28)25(2)22(24)29)26-13-16(14-9-5-4-6-10-14)27(21(26)23-19)15-11-7-8-12-17(15)30-3/h4-13,18-19H,1-3H3. The lowest BCUT2D eigenvalue weighted by Gasteiger charge is -2.38. The van der Waals surface area contributed by atoms with E-state index in [0.29, 0.717) is 11.7 Å². The number of nitrogens with zero attached hydrogens (tertiary/aromatic N) is 5. The number of ether oxygens (including phenoxy) is 1. The number of urea groups is 1. The molecule has 2 aromatic carbocycles. The predicted molar refractivity (Wildman–Crippen MR) is 113 cm³/mol. The highest BCUT2D eigenvalue weighted by molar-refractivity contribution is 6.16. The number of hydrogen-bond acceptors (Lipinski definition) is 6. The molecule has 3 aliphatic heterocycles. The molecule has 3 aliphatic rings. The van der Waals surface area contributed by atoms with Crippen LogP contribution in [0.25, 0.3) is 5.70 Å². The van der Waals surface area contributed by atoms with Crippen molar-refractivity contribution in [3.8, 4) is 5.75 Å². The van der Waals surface area contributed by atoms with Gasteiger partial charge in [-0.3, -0.25) is 19.5 Å². The lowest BCUT2D eigenvalue weighted by atomic mass is 10.1. The molecule has 0 spiro atoms. The van der Waals surface area contributed by atoms with Gasteiger partial charge in [0, 0.05) is 25.9 Å². The van der Waals surface area contributed by atoms with E-state index in [-0.39, 0.29) is 11.9 Å². The molecule has 1 saturated heterocycles. The van der Waals surface area contributed by atoms with Gasteiger partial charge in [-0.1, -0.05) is 42.5 Å². The zero-order valence-corrected chi connectivity index (χ0v) is 16.9. The Morgan fingerprint density at radius 2 is 1.67 bits per heavy atom. The molecule has 3 heterocycles. The molecule has 2 unspecified atom stereocenters. The summed E-state index contributed by atoms with van der Waals surface area (Å²) in [4.78, 5) is 36.8. The minimum atomic E-state index is -0.605. The molecule has 0 aromatic heterocycles. The first-order valence-electron chi connectivity index (χ1n) is 9.64. The Labute approximate surface area is 174 Å². The molecule has 0 aliphatic carbocycles. The Morgan fingerprint density at radius 3 is 2.40 bits per heavy atom. The number of carbonyl (C=O) groups excluding carboxylic acids is 2. The second-order valence-electron chi connectivity index (χ2n) is 7.37. The summed E-state index contributed by atoms with van der Waals surface area (Å²) in [5.41, 5.74) is 2.68. The largest absolute Gasteiger partial charge is 0.495 e. The number of para-hydroxylation sites is 2. The minimum Gasteiger partial charge on any atom is -0.495 e. The summed E-state index contributed by atoms with van der Waals surface area (Å²) >= 11 is 0. The molecule has 2 atom stereocenters. The van der Waals surface area contributed by atoms with E-state index in [1.54, 1.807) is 14.2 Å². The van der Waals surface area contributed by atoms with Gasteiger partial charge < -0.3 is 9.64 Å². The maximum Gasteiger partial charge on any atom is 0.328 e. The molecule has 2 aromatic rings. The Balaban J connectivity index is 1.68. The third kappa shape index (κ3) is 2.43. The molecule has 3 amide bonds. The van der Waals surface area contributed by atoms with Crippen LogP contribution < -0.4 is 9.64 Å². The van der Waals surface area contributed by atoms with E-state index in [4.69, 9.17) is 9.73 Å². The number of hydrogen-bond donors (Lipinski definition) is 0. The second-order valence-corrected chi connectivity index (χ2v) is 7.37. The van der Waals surface area contributed by atoms with Crippen LogP contribution in [0.5, 0.6) is 5.75 Å². The fourth-order valence-corrected chi connectivity index (χ4v) is 4.18. The van der Waals surface area contributed by atoms with Crippen molar-refractivity contribution in [2.75, 3.05) is 26.1 Å². The Hall–Kier alpha value is -3.81. The van der Waals surface area contributed by atoms with E-state index in [1.165, 1.54) is 11.9 Å². The zero-order chi connectivity index (χ0) is 21.0. The topological polar surface area (TPSA) is 68.7 Å². The van der Waals surface area contributed by atoms with Crippen molar-refractivity contribution in [1.82, 2.24) is 14.7 Å². The van der Waals surface area contributed by atoms with E-state index in [1.807, 2.05) is 70.6 Å². The number of aliphatic imine (C=N–C) groups is 1. The molecule has 5 rings (SSSR count). The fourth-order valence-electron chi connectivity index (χ4n) is 4.18. The van der Waals surface area contributed by atoms with Gasteiger partial charge in [0.15, 0.2) is 12.2 Å². The van der Waals surface area contributed by atoms with Crippen LogP contribution in [0.1, 0.15) is 5.56 Å². The highest BCUT2D eigenvalue weighted by Gasteiger charge is 2.54. The van der Waals surface area contributed by atoms with E-state index in [9.17, 15) is 9.59 Å². The Kier molecular flexibility index (Phi) is 4.02. The number of rotatable bonds is 3. The van der Waals surface area contributed by atoms with E-state index in [2.05, 4.69) is 0 Å². The highest BCUT2D eigenvalue weighted by Crippen LogP contribution is 2.42. The summed E-state index contributed by atoms with van der Waals surface area (Å²) in [5.74, 6) is 1.01. The molecule has 30 heavy (non-hydrogen) atoms. The first-order valence-corrected chi connectivity index (χ1v) is 9.64. The van der Waals surface area contributed by atoms with Crippen molar-refractivity contribution < 1.29 is 14.3 Å². The number of fused-ring (bicyclic) bond motifs is 3. The van der Waals surface area contributed by atoms with Crippen molar-refractivity contribution in [2.45, 2.75) is 12.2 Å². The van der Waals surface area contributed by atoms with Crippen LogP contribution in [0.15, 0.2) is 65.8 Å². The summed E-state index contributed by atoms with van der Waals surface area (Å²) in [6.07, 6.45) is 1.35. The maximum atomic E-state index is 13.0. The first-order chi connectivity index (χ1) is 14.5. The molecule has 1 fully saturated rings. The number of methoxy groups -OCH3 is 1. The molecule has 0 bridgehead atoms. The Bertz CT molecular complexity index is 1100. The van der Waals surface area contributed by atoms with Gasteiger partial charge >= 0.3 is 6.03 Å². The minimum absolute atomic E-state index is 0.271. The number of likely N-dealkylation sites (N-methyl/N-ethyl adjacent to an activating group) is 2. The number of amides is 3. The van der Waals surface area contributed by atoms with Crippen molar-refractivity contribution >= 4 is 29.3 Å². The summed E-state index contributed by atoms with van der Waals surface area (Å²) in [6, 6.07) is 16.6. The monoisotopic (exact) mass is 403 g/mol. The number of anilines is 1. The molecule has 8 nitrogen and oxygen atoms in total. The second kappa shape index (κ2) is 6.62. The number of benzene rings is 2. The number of guanidine groups is 1. The summed E-state index contributed by atoms with van der Waals surface area (Å²) in [6.45, 7) is 0. The SMILES string of the molecule is COc1ccccc1N1C(c2ccccc2)=CN2C1=NC1C2C(=O)N(C)C(=O)N1C. The highest BCUT2D eigenvalue weighted by atomic mass is 16.5. The van der Waals surface area contributed by atoms with Gasteiger partial charge in [-0.2, -0.15) is 0 Å². The smallest absolute Gasteiger partial charge is 0.328 e. The van der Waals surface area contributed by atoms with Crippen LogP contribution >= 0.6 is 0 Å². The zero-order valence-electron chi connectivity index (χ0n) is 16.9. The van der Waals surface area contributed by atoms with Gasteiger partial charge in [-0.15, -0.1) is 0 Å². The first kappa shape index (κ1) is 18.2. The Morgan fingerprint density at radius 1 is 0.967 bits per heavy atom. The van der Waals surface area contributed by atoms with E-state index < -0.39 is 12.2 Å². The van der Waals surface area contributed by atoms with Crippen LogP contribution in [0.3, 0.4) is 0 Å². The van der Waals surface area contributed by atoms with Gasteiger partial charge in [-0.25, -0.2) is 9.79 Å². The van der Waals surface area contributed by atoms with Crippen LogP contribution in [-0.4, -0.2) is 66.0 Å². The molecule has 0 N–H and O–H groups in total. The average Bonchev–Trinajstić information content (AvgIpc) is 3.33. The molecule has 8 heteroatoms.